The number of rotatable bonds is 4. The van der Waals surface area contributed by atoms with E-state index in [9.17, 15) is 13.2 Å². The van der Waals surface area contributed by atoms with Crippen LogP contribution in [0.4, 0.5) is 0 Å². The molecule has 2 fully saturated rings. The molecule has 3 rings (SSSR count). The molecule has 7 heteroatoms. The fourth-order valence-electron chi connectivity index (χ4n) is 4.02. The van der Waals surface area contributed by atoms with Crippen molar-refractivity contribution < 1.29 is 22.7 Å². The van der Waals surface area contributed by atoms with Gasteiger partial charge in [-0.3, -0.25) is 4.79 Å². The lowest BCUT2D eigenvalue weighted by Crippen LogP contribution is -2.50. The lowest BCUT2D eigenvalue weighted by Gasteiger charge is -2.32. The molecule has 1 aromatic carbocycles. The number of hydrogen-bond donors (Lipinski definition) is 1. The molecule has 0 aliphatic carbocycles. The molecule has 5 atom stereocenters. The molecule has 2 heterocycles. The second-order valence-corrected chi connectivity index (χ2v) is 9.62. The van der Waals surface area contributed by atoms with Crippen LogP contribution in [0.15, 0.2) is 29.2 Å². The Balaban J connectivity index is 1.86. The van der Waals surface area contributed by atoms with Crippen molar-refractivity contribution in [2.45, 2.75) is 49.8 Å². The van der Waals surface area contributed by atoms with Crippen LogP contribution in [-0.2, 0) is 29.6 Å². The van der Waals surface area contributed by atoms with Gasteiger partial charge in [-0.2, -0.15) is 0 Å². The van der Waals surface area contributed by atoms with Gasteiger partial charge in [-0.1, -0.05) is 19.1 Å². The zero-order valence-electron chi connectivity index (χ0n) is 15.7. The minimum atomic E-state index is -3.25. The minimum Gasteiger partial charge on any atom is -0.379 e. The van der Waals surface area contributed by atoms with E-state index in [0.29, 0.717) is 19.6 Å². The summed E-state index contributed by atoms with van der Waals surface area (Å²) in [6.07, 6.45) is 1.75. The summed E-state index contributed by atoms with van der Waals surface area (Å²) in [5, 5.41) is 3.20. The highest BCUT2D eigenvalue weighted by molar-refractivity contribution is 7.90. The Hall–Kier alpha value is -1.44. The van der Waals surface area contributed by atoms with Crippen molar-refractivity contribution in [1.82, 2.24) is 5.32 Å². The molecule has 144 valence electrons. The van der Waals surface area contributed by atoms with Crippen LogP contribution in [0.25, 0.3) is 0 Å². The van der Waals surface area contributed by atoms with E-state index < -0.39 is 15.4 Å². The Morgan fingerprint density at radius 3 is 2.27 bits per heavy atom. The van der Waals surface area contributed by atoms with Crippen LogP contribution in [0.1, 0.15) is 32.8 Å². The Kier molecular flexibility index (Phi) is 5.16. The summed E-state index contributed by atoms with van der Waals surface area (Å²) in [6.45, 7) is 6.90. The van der Waals surface area contributed by atoms with E-state index in [1.807, 2.05) is 20.8 Å². The summed E-state index contributed by atoms with van der Waals surface area (Å²) < 4.78 is 34.8. The first-order valence-corrected chi connectivity index (χ1v) is 10.9. The monoisotopic (exact) mass is 381 g/mol. The summed E-state index contributed by atoms with van der Waals surface area (Å²) in [6, 6.07) is 6.71. The van der Waals surface area contributed by atoms with Crippen molar-refractivity contribution in [2.24, 2.45) is 11.8 Å². The number of hydrogen-bond acceptors (Lipinski definition) is 5. The van der Waals surface area contributed by atoms with Gasteiger partial charge in [0, 0.05) is 19.3 Å². The van der Waals surface area contributed by atoms with E-state index in [1.54, 1.807) is 24.3 Å². The third kappa shape index (κ3) is 3.52. The van der Waals surface area contributed by atoms with Crippen LogP contribution in [0.5, 0.6) is 0 Å². The second-order valence-electron chi connectivity index (χ2n) is 7.60. The van der Waals surface area contributed by atoms with Gasteiger partial charge in [0.1, 0.15) is 0 Å². The number of amides is 1. The van der Waals surface area contributed by atoms with Gasteiger partial charge in [0.25, 0.3) is 0 Å². The molecule has 0 spiro atoms. The maximum Gasteiger partial charge on any atom is 0.226 e. The van der Waals surface area contributed by atoms with Crippen LogP contribution in [0, 0.1) is 11.8 Å². The third-order valence-corrected chi connectivity index (χ3v) is 6.89. The Morgan fingerprint density at radius 2 is 1.81 bits per heavy atom. The predicted molar refractivity (Wildman–Crippen MR) is 97.5 cm³/mol. The summed E-state index contributed by atoms with van der Waals surface area (Å²) in [4.78, 5) is 13.3. The van der Waals surface area contributed by atoms with Crippen molar-refractivity contribution in [3.05, 3.63) is 29.8 Å². The maximum atomic E-state index is 13.0. The number of benzene rings is 1. The highest BCUT2D eigenvalue weighted by Gasteiger charge is 2.45. The normalized spacial score (nSPS) is 34.8. The van der Waals surface area contributed by atoms with E-state index in [-0.39, 0.29) is 34.8 Å². The molecule has 6 nitrogen and oxygen atoms in total. The summed E-state index contributed by atoms with van der Waals surface area (Å²) in [5.74, 6) is -0.109. The smallest absolute Gasteiger partial charge is 0.226 e. The van der Waals surface area contributed by atoms with Crippen molar-refractivity contribution in [1.29, 1.82) is 0 Å². The maximum absolute atomic E-state index is 13.0. The van der Waals surface area contributed by atoms with Crippen LogP contribution in [0.2, 0.25) is 0 Å². The average molecular weight is 381 g/mol. The molecular formula is C19H27NO5S. The molecule has 2 saturated heterocycles. The summed E-state index contributed by atoms with van der Waals surface area (Å²) in [5.41, 5.74) is 0.237. The van der Waals surface area contributed by atoms with Crippen molar-refractivity contribution >= 4 is 15.7 Å². The number of nitrogens with one attached hydrogen (secondary N) is 1. The molecule has 0 saturated carbocycles. The van der Waals surface area contributed by atoms with Crippen LogP contribution < -0.4 is 5.32 Å². The Labute approximate surface area is 155 Å². The average Bonchev–Trinajstić information content (AvgIpc) is 3.12. The van der Waals surface area contributed by atoms with Crippen molar-refractivity contribution in [3.8, 4) is 0 Å². The highest BCUT2D eigenvalue weighted by atomic mass is 32.2. The van der Waals surface area contributed by atoms with E-state index >= 15 is 0 Å². The summed E-state index contributed by atoms with van der Waals surface area (Å²) in [7, 11) is -3.25. The van der Waals surface area contributed by atoms with Gasteiger partial charge in [0.05, 0.1) is 35.2 Å². The van der Waals surface area contributed by atoms with Crippen molar-refractivity contribution in [3.63, 3.8) is 0 Å². The number of sulfone groups is 1. The summed E-state index contributed by atoms with van der Waals surface area (Å²) >= 11 is 0. The Bertz CT molecular complexity index is 768. The van der Waals surface area contributed by atoms with Gasteiger partial charge in [-0.05, 0) is 37.5 Å². The van der Waals surface area contributed by atoms with Crippen molar-refractivity contribution in [2.75, 3.05) is 19.5 Å². The molecular weight excluding hydrogens is 354 g/mol. The molecule has 0 bridgehead atoms. The van der Waals surface area contributed by atoms with Gasteiger partial charge in [0.2, 0.25) is 5.91 Å². The standard InChI is InChI=1S/C19H27NO5S/c1-12-13(2)25-14(3)17(12)18(21)20-19(9-10-24-11-19)15-5-7-16(8-6-15)26(4,22)23/h5-8,12-14,17H,9-11H2,1-4H3,(H,20,21). The van der Waals surface area contributed by atoms with Crippen LogP contribution >= 0.6 is 0 Å². The zero-order chi connectivity index (χ0) is 19.1. The van der Waals surface area contributed by atoms with E-state index in [0.717, 1.165) is 5.56 Å². The first-order valence-electron chi connectivity index (χ1n) is 9.00. The third-order valence-electron chi connectivity index (χ3n) is 5.76. The van der Waals surface area contributed by atoms with E-state index in [1.165, 1.54) is 6.26 Å². The highest BCUT2D eigenvalue weighted by Crippen LogP contribution is 2.36. The second kappa shape index (κ2) is 6.94. The lowest BCUT2D eigenvalue weighted by atomic mass is 9.85. The molecule has 1 aromatic rings. The first kappa shape index (κ1) is 19.3. The Morgan fingerprint density at radius 1 is 1.15 bits per heavy atom. The zero-order valence-corrected chi connectivity index (χ0v) is 16.5. The molecule has 0 aromatic heterocycles. The molecule has 2 aliphatic rings. The fourth-order valence-corrected chi connectivity index (χ4v) is 4.65. The van der Waals surface area contributed by atoms with Gasteiger partial charge in [0.15, 0.2) is 9.84 Å². The lowest BCUT2D eigenvalue weighted by molar-refractivity contribution is -0.129. The molecule has 26 heavy (non-hydrogen) atoms. The van der Waals surface area contributed by atoms with Crippen LogP contribution in [-0.4, -0.2) is 46.0 Å². The minimum absolute atomic E-state index is 0.0351. The van der Waals surface area contributed by atoms with Gasteiger partial charge < -0.3 is 14.8 Å². The largest absolute Gasteiger partial charge is 0.379 e. The number of ether oxygens (including phenoxy) is 2. The van der Waals surface area contributed by atoms with E-state index in [4.69, 9.17) is 9.47 Å². The molecule has 1 amide bonds. The van der Waals surface area contributed by atoms with Gasteiger partial charge >= 0.3 is 0 Å². The topological polar surface area (TPSA) is 81.7 Å². The predicted octanol–water partition coefficient (Wildman–Crippen LogP) is 1.88. The molecule has 0 radical (unpaired) electrons. The molecule has 5 unspecified atom stereocenters. The number of carbonyl (C=O) groups excluding carboxylic acids is 1. The van der Waals surface area contributed by atoms with Gasteiger partial charge in [-0.15, -0.1) is 0 Å². The quantitative estimate of drug-likeness (QED) is 0.861. The SMILES string of the molecule is CC1OC(C)C(C(=O)NC2(c3ccc(S(C)(=O)=O)cc3)CCOC2)C1C. The number of carbonyl (C=O) groups is 1. The molecule has 2 aliphatic heterocycles. The fraction of sp³-hybridized carbons (Fsp3) is 0.632. The molecule has 1 N–H and O–H groups in total. The first-order chi connectivity index (χ1) is 12.1. The van der Waals surface area contributed by atoms with Crippen LogP contribution in [0.3, 0.4) is 0 Å². The van der Waals surface area contributed by atoms with Gasteiger partial charge in [-0.25, -0.2) is 8.42 Å². The van der Waals surface area contributed by atoms with E-state index in [2.05, 4.69) is 5.32 Å².